The van der Waals surface area contributed by atoms with Crippen molar-refractivity contribution in [2.75, 3.05) is 10.6 Å². The number of carbonyl (C=O) groups excluding carboxylic acids is 1. The molecule has 0 aliphatic heterocycles. The van der Waals surface area contributed by atoms with Crippen LogP contribution in [0, 0.1) is 0 Å². The number of benzene rings is 1. The molecule has 0 aliphatic rings. The van der Waals surface area contributed by atoms with E-state index in [4.69, 9.17) is 0 Å². The normalized spacial score (nSPS) is 10.7. The van der Waals surface area contributed by atoms with Crippen molar-refractivity contribution in [1.29, 1.82) is 0 Å². The first kappa shape index (κ1) is 16.7. The summed E-state index contributed by atoms with van der Waals surface area (Å²) >= 11 is 0. The van der Waals surface area contributed by atoms with Crippen molar-refractivity contribution in [1.82, 2.24) is 20.2 Å². The molecule has 0 unspecified atom stereocenters. The minimum absolute atomic E-state index is 0.134. The molecule has 1 amide bonds. The summed E-state index contributed by atoms with van der Waals surface area (Å²) in [7, 11) is 0. The average Bonchev–Trinajstić information content (AvgIpc) is 3.11. The molecule has 134 valence electrons. The van der Waals surface area contributed by atoms with Gasteiger partial charge < -0.3 is 15.6 Å². The molecule has 0 atom stereocenters. The number of hydrogen-bond donors (Lipinski definition) is 3. The molecule has 0 saturated heterocycles. The molecule has 3 aromatic heterocycles. The number of anilines is 2. The number of hydrogen-bond acceptors (Lipinski definition) is 5. The number of nitrogens with zero attached hydrogens (tertiary/aromatic N) is 3. The molecule has 0 spiro atoms. The predicted octanol–water partition coefficient (Wildman–Crippen LogP) is 3.15. The zero-order valence-electron chi connectivity index (χ0n) is 14.5. The van der Waals surface area contributed by atoms with Gasteiger partial charge in [0.2, 0.25) is 5.91 Å². The van der Waals surface area contributed by atoms with Crippen LogP contribution in [0.25, 0.3) is 10.9 Å². The number of fused-ring (bicyclic) bond motifs is 1. The van der Waals surface area contributed by atoms with Crippen LogP contribution in [0.3, 0.4) is 0 Å². The topological polar surface area (TPSA) is 95.6 Å². The van der Waals surface area contributed by atoms with Crippen LogP contribution in [-0.2, 0) is 17.8 Å². The Morgan fingerprint density at radius 2 is 1.85 bits per heavy atom. The lowest BCUT2D eigenvalue weighted by Gasteiger charge is -2.06. The summed E-state index contributed by atoms with van der Waals surface area (Å²) in [4.78, 5) is 19.5. The maximum absolute atomic E-state index is 12.3. The highest BCUT2D eigenvalue weighted by molar-refractivity contribution is 5.95. The van der Waals surface area contributed by atoms with Crippen LogP contribution >= 0.6 is 0 Å². The standard InChI is InChI=1S/C20H18N6O/c27-20(10-15-13-22-17-6-2-1-5-16(15)17)24-19-8-7-18(25-26-19)23-12-14-4-3-9-21-11-14/h1-9,11,13,22H,10,12H2,(H,23,25)(H,24,26,27). The molecule has 4 rings (SSSR count). The molecule has 0 saturated carbocycles. The molecule has 0 bridgehead atoms. The summed E-state index contributed by atoms with van der Waals surface area (Å²) in [6.07, 6.45) is 5.66. The van der Waals surface area contributed by atoms with Crippen LogP contribution < -0.4 is 10.6 Å². The third-order valence-corrected chi connectivity index (χ3v) is 4.15. The fraction of sp³-hybridized carbons (Fsp3) is 0.100. The van der Waals surface area contributed by atoms with Gasteiger partial charge >= 0.3 is 0 Å². The molecule has 0 radical (unpaired) electrons. The first-order chi connectivity index (χ1) is 13.3. The van der Waals surface area contributed by atoms with Crippen molar-refractivity contribution in [2.45, 2.75) is 13.0 Å². The van der Waals surface area contributed by atoms with E-state index in [1.54, 1.807) is 24.5 Å². The largest absolute Gasteiger partial charge is 0.364 e. The van der Waals surface area contributed by atoms with Crippen molar-refractivity contribution in [2.24, 2.45) is 0 Å². The van der Waals surface area contributed by atoms with Gasteiger partial charge in [0.15, 0.2) is 5.82 Å². The van der Waals surface area contributed by atoms with Crippen LogP contribution in [0.1, 0.15) is 11.1 Å². The van der Waals surface area contributed by atoms with Gasteiger partial charge in [0.1, 0.15) is 5.82 Å². The quantitative estimate of drug-likeness (QED) is 0.492. The number of pyridine rings is 1. The molecule has 3 heterocycles. The van der Waals surface area contributed by atoms with E-state index in [9.17, 15) is 4.79 Å². The van der Waals surface area contributed by atoms with Gasteiger partial charge in [-0.05, 0) is 35.4 Å². The second-order valence-electron chi connectivity index (χ2n) is 6.10. The van der Waals surface area contributed by atoms with Gasteiger partial charge in [-0.25, -0.2) is 0 Å². The fourth-order valence-electron chi connectivity index (χ4n) is 2.83. The minimum atomic E-state index is -0.134. The maximum Gasteiger partial charge on any atom is 0.230 e. The zero-order chi connectivity index (χ0) is 18.5. The number of rotatable bonds is 6. The number of carbonyl (C=O) groups is 1. The monoisotopic (exact) mass is 358 g/mol. The van der Waals surface area contributed by atoms with E-state index in [1.165, 1.54) is 0 Å². The number of aromatic nitrogens is 4. The minimum Gasteiger partial charge on any atom is -0.364 e. The summed E-state index contributed by atoms with van der Waals surface area (Å²) in [6, 6.07) is 15.3. The Labute approximate surface area is 155 Å². The number of amides is 1. The van der Waals surface area contributed by atoms with Crippen molar-refractivity contribution in [3.8, 4) is 0 Å². The molecular weight excluding hydrogens is 340 g/mol. The smallest absolute Gasteiger partial charge is 0.230 e. The van der Waals surface area contributed by atoms with Crippen molar-refractivity contribution in [3.05, 3.63) is 78.2 Å². The lowest BCUT2D eigenvalue weighted by atomic mass is 10.1. The number of aromatic amines is 1. The Morgan fingerprint density at radius 3 is 2.67 bits per heavy atom. The molecule has 1 aromatic carbocycles. The third kappa shape index (κ3) is 4.09. The number of nitrogens with one attached hydrogen (secondary N) is 3. The summed E-state index contributed by atoms with van der Waals surface area (Å²) in [6.45, 7) is 0.606. The molecule has 7 nitrogen and oxygen atoms in total. The zero-order valence-corrected chi connectivity index (χ0v) is 14.5. The van der Waals surface area contributed by atoms with Gasteiger partial charge in [-0.1, -0.05) is 24.3 Å². The van der Waals surface area contributed by atoms with E-state index in [2.05, 4.69) is 30.8 Å². The second kappa shape index (κ2) is 7.65. The highest BCUT2D eigenvalue weighted by Gasteiger charge is 2.09. The van der Waals surface area contributed by atoms with Gasteiger partial charge in [-0.15, -0.1) is 10.2 Å². The van der Waals surface area contributed by atoms with Crippen LogP contribution in [0.15, 0.2) is 67.1 Å². The van der Waals surface area contributed by atoms with E-state index in [1.807, 2.05) is 42.6 Å². The maximum atomic E-state index is 12.3. The van der Waals surface area contributed by atoms with Gasteiger partial charge in [-0.2, -0.15) is 0 Å². The molecule has 4 aromatic rings. The van der Waals surface area contributed by atoms with E-state index >= 15 is 0 Å². The third-order valence-electron chi connectivity index (χ3n) is 4.15. The lowest BCUT2D eigenvalue weighted by Crippen LogP contribution is -2.15. The summed E-state index contributed by atoms with van der Waals surface area (Å²) in [5.74, 6) is 0.922. The Balaban J connectivity index is 1.34. The van der Waals surface area contributed by atoms with Crippen LogP contribution in [0.2, 0.25) is 0 Å². The predicted molar refractivity (Wildman–Crippen MR) is 104 cm³/mol. The molecule has 3 N–H and O–H groups in total. The van der Waals surface area contributed by atoms with Gasteiger partial charge in [0, 0.05) is 36.0 Å². The fourth-order valence-corrected chi connectivity index (χ4v) is 2.83. The van der Waals surface area contributed by atoms with E-state index in [0.29, 0.717) is 18.2 Å². The van der Waals surface area contributed by atoms with E-state index in [-0.39, 0.29) is 12.3 Å². The van der Waals surface area contributed by atoms with Crippen LogP contribution in [0.4, 0.5) is 11.6 Å². The summed E-state index contributed by atoms with van der Waals surface area (Å²) < 4.78 is 0. The summed E-state index contributed by atoms with van der Waals surface area (Å²) in [5.41, 5.74) is 3.02. The van der Waals surface area contributed by atoms with Gasteiger partial charge in [0.25, 0.3) is 0 Å². The van der Waals surface area contributed by atoms with Gasteiger partial charge in [0.05, 0.1) is 6.42 Å². The number of H-pyrrole nitrogens is 1. The first-order valence-electron chi connectivity index (χ1n) is 8.59. The van der Waals surface area contributed by atoms with E-state index in [0.717, 1.165) is 22.0 Å². The van der Waals surface area contributed by atoms with Crippen LogP contribution in [0.5, 0.6) is 0 Å². The Morgan fingerprint density at radius 1 is 1.00 bits per heavy atom. The molecule has 27 heavy (non-hydrogen) atoms. The molecule has 0 fully saturated rings. The highest BCUT2D eigenvalue weighted by Crippen LogP contribution is 2.18. The average molecular weight is 358 g/mol. The molecule has 7 heteroatoms. The van der Waals surface area contributed by atoms with Crippen molar-refractivity contribution >= 4 is 28.4 Å². The first-order valence-corrected chi connectivity index (χ1v) is 8.59. The van der Waals surface area contributed by atoms with Crippen molar-refractivity contribution < 1.29 is 4.79 Å². The Kier molecular flexibility index (Phi) is 4.74. The molecule has 0 aliphatic carbocycles. The van der Waals surface area contributed by atoms with E-state index < -0.39 is 0 Å². The van der Waals surface area contributed by atoms with Crippen molar-refractivity contribution in [3.63, 3.8) is 0 Å². The molecular formula is C20H18N6O. The summed E-state index contributed by atoms with van der Waals surface area (Å²) in [5, 5.41) is 15.1. The lowest BCUT2D eigenvalue weighted by molar-refractivity contribution is -0.115. The second-order valence-corrected chi connectivity index (χ2v) is 6.10. The Hall–Kier alpha value is -3.74. The number of para-hydroxylation sites is 1. The SMILES string of the molecule is O=C(Cc1c[nH]c2ccccc12)Nc1ccc(NCc2cccnc2)nn1. The Bertz CT molecular complexity index is 1040. The van der Waals surface area contributed by atoms with Crippen LogP contribution in [-0.4, -0.2) is 26.1 Å². The highest BCUT2D eigenvalue weighted by atomic mass is 16.1. The van der Waals surface area contributed by atoms with Gasteiger partial charge in [-0.3, -0.25) is 9.78 Å².